The second kappa shape index (κ2) is 7.81. The lowest BCUT2D eigenvalue weighted by molar-refractivity contribution is 0.0418. The van der Waals surface area contributed by atoms with Crippen molar-refractivity contribution in [2.75, 3.05) is 26.7 Å². The topological polar surface area (TPSA) is 61.8 Å². The summed E-state index contributed by atoms with van der Waals surface area (Å²) >= 11 is 6.16. The zero-order valence-electron chi connectivity index (χ0n) is 13.0. The van der Waals surface area contributed by atoms with Gasteiger partial charge in [0.1, 0.15) is 6.10 Å². The van der Waals surface area contributed by atoms with Crippen molar-refractivity contribution in [2.24, 2.45) is 5.92 Å². The number of aliphatic hydroxyl groups excluding tert-OH is 1. The number of carbonyl (C=O) groups is 1. The number of halogens is 1. The minimum absolute atomic E-state index is 0.181. The van der Waals surface area contributed by atoms with Crippen LogP contribution in [0.2, 0.25) is 5.02 Å². The molecule has 0 spiro atoms. The first-order chi connectivity index (χ1) is 10.5. The zero-order chi connectivity index (χ0) is 16.1. The third-order valence-corrected chi connectivity index (χ3v) is 4.53. The molecule has 2 rings (SSSR count). The fourth-order valence-electron chi connectivity index (χ4n) is 2.58. The monoisotopic (exact) mass is 326 g/mol. The number of piperidine rings is 1. The van der Waals surface area contributed by atoms with Gasteiger partial charge < -0.3 is 20.1 Å². The highest BCUT2D eigenvalue weighted by Gasteiger charge is 2.27. The summed E-state index contributed by atoms with van der Waals surface area (Å²) in [4.78, 5) is 13.8. The molecule has 1 aromatic carbocycles. The zero-order valence-corrected chi connectivity index (χ0v) is 13.7. The Bertz CT molecular complexity index is 512. The highest BCUT2D eigenvalue weighted by molar-refractivity contribution is 6.31. The van der Waals surface area contributed by atoms with Gasteiger partial charge in [-0.2, -0.15) is 0 Å². The van der Waals surface area contributed by atoms with Crippen LogP contribution in [0.25, 0.3) is 0 Å². The largest absolute Gasteiger partial charge is 0.391 e. The predicted molar refractivity (Wildman–Crippen MR) is 86.0 cm³/mol. The summed E-state index contributed by atoms with van der Waals surface area (Å²) in [5.41, 5.74) is 0.847. The molecule has 2 amide bonds. The van der Waals surface area contributed by atoms with Crippen LogP contribution in [0.4, 0.5) is 4.79 Å². The van der Waals surface area contributed by atoms with Crippen LogP contribution >= 0.6 is 11.6 Å². The number of hydrogen-bond donors (Lipinski definition) is 2. The second-order valence-corrected chi connectivity index (χ2v) is 6.12. The van der Waals surface area contributed by atoms with Crippen molar-refractivity contribution in [3.63, 3.8) is 0 Å². The van der Waals surface area contributed by atoms with Crippen LogP contribution in [0, 0.1) is 5.92 Å². The number of carbonyl (C=O) groups excluding carboxylic acids is 1. The van der Waals surface area contributed by atoms with Crippen LogP contribution in [0.1, 0.15) is 25.0 Å². The van der Waals surface area contributed by atoms with Gasteiger partial charge in [0.25, 0.3) is 0 Å². The average Bonchev–Trinajstić information content (AvgIpc) is 2.52. The van der Waals surface area contributed by atoms with E-state index in [-0.39, 0.29) is 18.1 Å². The number of rotatable bonds is 4. The van der Waals surface area contributed by atoms with E-state index in [4.69, 9.17) is 16.3 Å². The molecule has 2 N–H and O–H groups in total. The lowest BCUT2D eigenvalue weighted by Gasteiger charge is -2.34. The Kier molecular flexibility index (Phi) is 6.06. The highest BCUT2D eigenvalue weighted by atomic mass is 35.5. The van der Waals surface area contributed by atoms with Crippen molar-refractivity contribution in [1.29, 1.82) is 0 Å². The number of nitrogens with zero attached hydrogens (tertiary/aromatic N) is 1. The van der Waals surface area contributed by atoms with Crippen LogP contribution < -0.4 is 5.32 Å². The second-order valence-electron chi connectivity index (χ2n) is 5.71. The summed E-state index contributed by atoms with van der Waals surface area (Å²) in [6, 6.07) is 7.24. The van der Waals surface area contributed by atoms with E-state index in [1.807, 2.05) is 25.1 Å². The fourth-order valence-corrected chi connectivity index (χ4v) is 2.84. The van der Waals surface area contributed by atoms with E-state index >= 15 is 0 Å². The number of β-amino-alcohol motifs (C(OH)–C–C–N with tert-alkyl or cyclic N) is 1. The molecule has 1 aromatic rings. The molecule has 5 nitrogen and oxygen atoms in total. The van der Waals surface area contributed by atoms with E-state index in [0.717, 1.165) is 12.0 Å². The molecule has 1 heterocycles. The Morgan fingerprint density at radius 1 is 1.55 bits per heavy atom. The summed E-state index contributed by atoms with van der Waals surface area (Å²) in [7, 11) is 1.59. The van der Waals surface area contributed by atoms with Crippen LogP contribution in [0.15, 0.2) is 24.3 Å². The number of ether oxygens (including phenoxy) is 1. The summed E-state index contributed by atoms with van der Waals surface area (Å²) in [5.74, 6) is 0.235. The minimum Gasteiger partial charge on any atom is -0.391 e. The number of nitrogens with one attached hydrogen (secondary N) is 1. The van der Waals surface area contributed by atoms with Crippen LogP contribution in [-0.2, 0) is 4.74 Å². The summed E-state index contributed by atoms with van der Waals surface area (Å²) < 4.78 is 5.43. The Labute approximate surface area is 136 Å². The quantitative estimate of drug-likeness (QED) is 0.893. The van der Waals surface area contributed by atoms with Crippen molar-refractivity contribution < 1.29 is 14.6 Å². The molecule has 22 heavy (non-hydrogen) atoms. The number of likely N-dealkylation sites (tertiary alicyclic amines) is 1. The van der Waals surface area contributed by atoms with E-state index in [1.54, 1.807) is 18.1 Å². The maximum absolute atomic E-state index is 12.2. The SMILES string of the molecule is COC(CNC(=O)N1CCC(C)C(O)C1)c1ccccc1Cl. The first kappa shape index (κ1) is 17.1. The standard InChI is InChI=1S/C16H23ClN2O3/c1-11-7-8-19(10-14(11)20)16(21)18-9-15(22-2)12-5-3-4-6-13(12)17/h3-6,11,14-15,20H,7-10H2,1-2H3,(H,18,21). The fraction of sp³-hybridized carbons (Fsp3) is 0.562. The normalized spacial score (nSPS) is 23.2. The van der Waals surface area contributed by atoms with Crippen molar-refractivity contribution in [2.45, 2.75) is 25.6 Å². The maximum atomic E-state index is 12.2. The summed E-state index contributed by atoms with van der Waals surface area (Å²) in [6.45, 7) is 3.37. The van der Waals surface area contributed by atoms with E-state index < -0.39 is 6.10 Å². The van der Waals surface area contributed by atoms with Crippen molar-refractivity contribution in [1.82, 2.24) is 10.2 Å². The number of hydrogen-bond acceptors (Lipinski definition) is 3. The molecule has 1 fully saturated rings. The first-order valence-corrected chi connectivity index (χ1v) is 7.88. The number of benzene rings is 1. The molecule has 6 heteroatoms. The lowest BCUT2D eigenvalue weighted by atomic mass is 9.96. The molecular formula is C16H23ClN2O3. The molecule has 1 saturated heterocycles. The smallest absolute Gasteiger partial charge is 0.317 e. The molecule has 1 aliphatic rings. The van der Waals surface area contributed by atoms with Gasteiger partial charge in [-0.1, -0.05) is 36.7 Å². The summed E-state index contributed by atoms with van der Waals surface area (Å²) in [6.07, 6.45) is 0.0554. The number of aliphatic hydroxyl groups is 1. The Morgan fingerprint density at radius 3 is 2.91 bits per heavy atom. The van der Waals surface area contributed by atoms with Gasteiger partial charge in [-0.25, -0.2) is 4.79 Å². The Balaban J connectivity index is 1.91. The van der Waals surface area contributed by atoms with Crippen molar-refractivity contribution >= 4 is 17.6 Å². The van der Waals surface area contributed by atoms with Gasteiger partial charge in [-0.3, -0.25) is 0 Å². The molecule has 3 unspecified atom stereocenters. The van der Waals surface area contributed by atoms with E-state index in [1.165, 1.54) is 0 Å². The molecule has 0 radical (unpaired) electrons. The maximum Gasteiger partial charge on any atom is 0.317 e. The van der Waals surface area contributed by atoms with Gasteiger partial charge in [-0.15, -0.1) is 0 Å². The van der Waals surface area contributed by atoms with E-state index in [9.17, 15) is 9.90 Å². The van der Waals surface area contributed by atoms with Crippen LogP contribution in [-0.4, -0.2) is 48.9 Å². The Morgan fingerprint density at radius 2 is 2.27 bits per heavy atom. The first-order valence-electron chi connectivity index (χ1n) is 7.51. The minimum atomic E-state index is -0.457. The van der Waals surface area contributed by atoms with Gasteiger partial charge in [0.15, 0.2) is 0 Å². The van der Waals surface area contributed by atoms with Crippen LogP contribution in [0.3, 0.4) is 0 Å². The van der Waals surface area contributed by atoms with Crippen LogP contribution in [0.5, 0.6) is 0 Å². The van der Waals surface area contributed by atoms with Gasteiger partial charge in [0, 0.05) is 37.3 Å². The van der Waals surface area contributed by atoms with Crippen molar-refractivity contribution in [3.8, 4) is 0 Å². The Hall–Kier alpha value is -1.30. The number of methoxy groups -OCH3 is 1. The molecule has 0 bridgehead atoms. The third-order valence-electron chi connectivity index (χ3n) is 4.18. The third kappa shape index (κ3) is 4.12. The molecule has 0 aliphatic carbocycles. The number of urea groups is 1. The van der Waals surface area contributed by atoms with E-state index in [2.05, 4.69) is 5.32 Å². The van der Waals surface area contributed by atoms with Crippen molar-refractivity contribution in [3.05, 3.63) is 34.9 Å². The molecule has 3 atom stereocenters. The lowest BCUT2D eigenvalue weighted by Crippen LogP contribution is -2.50. The predicted octanol–water partition coefficient (Wildman–Crippen LogP) is 2.44. The molecule has 0 saturated carbocycles. The molecule has 0 aromatic heterocycles. The highest BCUT2D eigenvalue weighted by Crippen LogP contribution is 2.24. The van der Waals surface area contributed by atoms with Gasteiger partial charge >= 0.3 is 6.03 Å². The van der Waals surface area contributed by atoms with Gasteiger partial charge in [0.05, 0.1) is 6.10 Å². The number of amides is 2. The van der Waals surface area contributed by atoms with Gasteiger partial charge in [0.2, 0.25) is 0 Å². The summed E-state index contributed by atoms with van der Waals surface area (Å²) in [5, 5.41) is 13.3. The van der Waals surface area contributed by atoms with E-state index in [0.29, 0.717) is 24.7 Å². The molecular weight excluding hydrogens is 304 g/mol. The molecule has 122 valence electrons. The van der Waals surface area contributed by atoms with Gasteiger partial charge in [-0.05, 0) is 18.4 Å². The average molecular weight is 327 g/mol. The molecule has 1 aliphatic heterocycles.